The van der Waals surface area contributed by atoms with Crippen LogP contribution >= 0.6 is 0 Å². The summed E-state index contributed by atoms with van der Waals surface area (Å²) in [6.45, 7) is 2.13. The smallest absolute Gasteiger partial charge is 0.264 e. The zero-order valence-corrected chi connectivity index (χ0v) is 21.7. The van der Waals surface area contributed by atoms with Crippen LogP contribution in [0.3, 0.4) is 0 Å². The molecule has 10 heteroatoms. The second-order valence-electron chi connectivity index (χ2n) is 8.56. The highest BCUT2D eigenvalue weighted by Crippen LogP contribution is 2.22. The Morgan fingerprint density at radius 1 is 0.892 bits per heavy atom. The quantitative estimate of drug-likeness (QED) is 0.409. The summed E-state index contributed by atoms with van der Waals surface area (Å²) in [6.07, 6.45) is 0.318. The number of carbonyl (C=O) groups excluding carboxylic acids is 1. The first-order valence-electron chi connectivity index (χ1n) is 11.6. The van der Waals surface area contributed by atoms with E-state index in [0.29, 0.717) is 17.9 Å². The third kappa shape index (κ3) is 6.46. The fourth-order valence-corrected chi connectivity index (χ4v) is 4.82. The highest BCUT2D eigenvalue weighted by molar-refractivity contribution is 7.90. The van der Waals surface area contributed by atoms with E-state index in [2.05, 4.69) is 9.71 Å². The molecule has 3 aromatic rings. The third-order valence-electron chi connectivity index (χ3n) is 5.84. The summed E-state index contributed by atoms with van der Waals surface area (Å²) in [4.78, 5) is 19.4. The summed E-state index contributed by atoms with van der Waals surface area (Å²) in [6, 6.07) is 20.2. The van der Waals surface area contributed by atoms with E-state index in [9.17, 15) is 13.2 Å². The number of sulfonamides is 1. The lowest BCUT2D eigenvalue weighted by molar-refractivity contribution is -0.127. The van der Waals surface area contributed by atoms with Gasteiger partial charge in [0.2, 0.25) is 5.96 Å². The van der Waals surface area contributed by atoms with Gasteiger partial charge in [0.1, 0.15) is 17.5 Å². The molecule has 1 heterocycles. The van der Waals surface area contributed by atoms with Gasteiger partial charge >= 0.3 is 0 Å². The van der Waals surface area contributed by atoms with Crippen molar-refractivity contribution in [2.24, 2.45) is 4.99 Å². The van der Waals surface area contributed by atoms with Gasteiger partial charge in [-0.1, -0.05) is 42.0 Å². The number of hydrogen-bond donors (Lipinski definition) is 1. The van der Waals surface area contributed by atoms with Crippen molar-refractivity contribution in [2.45, 2.75) is 30.8 Å². The summed E-state index contributed by atoms with van der Waals surface area (Å²) in [7, 11) is -0.837. The highest BCUT2D eigenvalue weighted by Gasteiger charge is 2.36. The molecule has 1 aliphatic heterocycles. The second kappa shape index (κ2) is 11.4. The molecule has 0 spiro atoms. The molecule has 1 unspecified atom stereocenters. The number of guanidine groups is 1. The monoisotopic (exact) mass is 523 g/mol. The molecule has 4 rings (SSSR count). The summed E-state index contributed by atoms with van der Waals surface area (Å²) < 4.78 is 44.3. The minimum absolute atomic E-state index is 0.0104. The number of aryl methyl sites for hydroxylation is 1. The van der Waals surface area contributed by atoms with Crippen LogP contribution in [-0.2, 0) is 32.5 Å². The van der Waals surface area contributed by atoms with Crippen molar-refractivity contribution in [1.29, 1.82) is 0 Å². The standard InChI is InChI=1S/C27H29N3O6S/c1-19-4-14-24(15-5-19)37(32,33)29-27-28-25(16-20-6-10-22(35-3)11-7-20)26(31)30(27)17-21-8-12-23(13-9-21)36-18-34-2/h4-15,25H,16-18H2,1-3H3,(H,28,29). The lowest BCUT2D eigenvalue weighted by atomic mass is 10.1. The number of benzene rings is 3. The molecule has 0 fully saturated rings. The largest absolute Gasteiger partial charge is 0.497 e. The molecule has 1 atom stereocenters. The number of aliphatic imine (C=N–C) groups is 1. The molecule has 9 nitrogen and oxygen atoms in total. The molecule has 3 aromatic carbocycles. The minimum Gasteiger partial charge on any atom is -0.497 e. The first-order valence-corrected chi connectivity index (χ1v) is 13.1. The highest BCUT2D eigenvalue weighted by atomic mass is 32.2. The van der Waals surface area contributed by atoms with Crippen molar-refractivity contribution >= 4 is 21.9 Å². The van der Waals surface area contributed by atoms with Gasteiger partial charge in [-0.3, -0.25) is 9.69 Å². The van der Waals surface area contributed by atoms with E-state index >= 15 is 0 Å². The average molecular weight is 524 g/mol. The van der Waals surface area contributed by atoms with Crippen LogP contribution in [-0.4, -0.2) is 52.2 Å². The van der Waals surface area contributed by atoms with E-state index in [1.807, 2.05) is 31.2 Å². The Balaban J connectivity index is 1.58. The molecule has 0 saturated heterocycles. The molecule has 0 bridgehead atoms. The van der Waals surface area contributed by atoms with E-state index in [1.54, 1.807) is 43.5 Å². The first kappa shape index (κ1) is 26.2. The molecule has 0 radical (unpaired) electrons. The third-order valence-corrected chi connectivity index (χ3v) is 7.18. The van der Waals surface area contributed by atoms with Crippen LogP contribution in [0.25, 0.3) is 0 Å². The number of hydrogen-bond acceptors (Lipinski definition) is 7. The van der Waals surface area contributed by atoms with E-state index in [4.69, 9.17) is 14.2 Å². The van der Waals surface area contributed by atoms with Crippen LogP contribution in [0.15, 0.2) is 82.7 Å². The van der Waals surface area contributed by atoms with Gasteiger partial charge in [0.05, 0.1) is 18.6 Å². The van der Waals surface area contributed by atoms with Crippen molar-refractivity contribution in [2.75, 3.05) is 21.0 Å². The lowest BCUT2D eigenvalue weighted by Crippen LogP contribution is -2.44. The van der Waals surface area contributed by atoms with Crippen LogP contribution in [0.5, 0.6) is 11.5 Å². The molecule has 37 heavy (non-hydrogen) atoms. The van der Waals surface area contributed by atoms with Gasteiger partial charge in [-0.15, -0.1) is 0 Å². The van der Waals surface area contributed by atoms with E-state index in [1.165, 1.54) is 24.1 Å². The Morgan fingerprint density at radius 3 is 2.14 bits per heavy atom. The molecule has 194 valence electrons. The fourth-order valence-electron chi connectivity index (χ4n) is 3.81. The Hall–Kier alpha value is -3.89. The van der Waals surface area contributed by atoms with Crippen LogP contribution in [0.4, 0.5) is 0 Å². The molecule has 0 aromatic heterocycles. The molecular weight excluding hydrogens is 494 g/mol. The molecule has 0 saturated carbocycles. The Morgan fingerprint density at radius 2 is 1.51 bits per heavy atom. The normalized spacial score (nSPS) is 15.4. The van der Waals surface area contributed by atoms with E-state index in [0.717, 1.165) is 16.7 Å². The number of nitrogens with one attached hydrogen (secondary N) is 1. The maximum Gasteiger partial charge on any atom is 0.264 e. The summed E-state index contributed by atoms with van der Waals surface area (Å²) >= 11 is 0. The van der Waals surface area contributed by atoms with Crippen molar-refractivity contribution in [1.82, 2.24) is 9.62 Å². The summed E-state index contributed by atoms with van der Waals surface area (Å²) in [5.41, 5.74) is 2.60. The van der Waals surface area contributed by atoms with Crippen molar-refractivity contribution in [3.8, 4) is 11.5 Å². The zero-order chi connectivity index (χ0) is 26.4. The maximum atomic E-state index is 13.4. The van der Waals surface area contributed by atoms with Crippen LogP contribution in [0.1, 0.15) is 16.7 Å². The maximum absolute atomic E-state index is 13.4. The molecular formula is C27H29N3O6S. The molecule has 0 aliphatic carbocycles. The number of methoxy groups -OCH3 is 2. The Kier molecular flexibility index (Phi) is 8.10. The second-order valence-corrected chi connectivity index (χ2v) is 10.2. The van der Waals surface area contributed by atoms with Gasteiger partial charge in [0.25, 0.3) is 15.9 Å². The van der Waals surface area contributed by atoms with Crippen molar-refractivity contribution < 1.29 is 27.4 Å². The van der Waals surface area contributed by atoms with Gasteiger partial charge in [-0.2, -0.15) is 0 Å². The van der Waals surface area contributed by atoms with Gasteiger partial charge in [0.15, 0.2) is 6.79 Å². The van der Waals surface area contributed by atoms with Gasteiger partial charge in [0, 0.05) is 13.5 Å². The average Bonchev–Trinajstić information content (AvgIpc) is 3.17. The van der Waals surface area contributed by atoms with E-state index < -0.39 is 16.1 Å². The lowest BCUT2D eigenvalue weighted by Gasteiger charge is -2.20. The summed E-state index contributed by atoms with van der Waals surface area (Å²) in [5, 5.41) is 0. The number of rotatable bonds is 10. The van der Waals surface area contributed by atoms with Gasteiger partial charge < -0.3 is 14.2 Å². The van der Waals surface area contributed by atoms with Gasteiger partial charge in [-0.25, -0.2) is 18.1 Å². The van der Waals surface area contributed by atoms with Crippen LogP contribution < -0.4 is 14.2 Å². The predicted octanol–water partition coefficient (Wildman–Crippen LogP) is 3.27. The van der Waals surface area contributed by atoms with Crippen molar-refractivity contribution in [3.63, 3.8) is 0 Å². The fraction of sp³-hybridized carbons (Fsp3) is 0.259. The van der Waals surface area contributed by atoms with Crippen LogP contribution in [0.2, 0.25) is 0 Å². The number of nitrogens with zero attached hydrogens (tertiary/aromatic N) is 2. The molecule has 1 amide bonds. The zero-order valence-electron chi connectivity index (χ0n) is 20.9. The van der Waals surface area contributed by atoms with Crippen molar-refractivity contribution in [3.05, 3.63) is 89.5 Å². The Bertz CT molecular complexity index is 1350. The first-order chi connectivity index (χ1) is 17.8. The summed E-state index contributed by atoms with van der Waals surface area (Å²) in [5.74, 6) is 1.02. The Labute approximate surface area is 216 Å². The van der Waals surface area contributed by atoms with Gasteiger partial charge in [-0.05, 0) is 54.4 Å². The number of carbonyl (C=O) groups is 1. The van der Waals surface area contributed by atoms with E-state index in [-0.39, 0.29) is 30.1 Å². The molecule has 1 N–H and O–H groups in total. The topological polar surface area (TPSA) is 107 Å². The van der Waals surface area contributed by atoms with Crippen LogP contribution in [0, 0.1) is 6.92 Å². The number of ether oxygens (including phenoxy) is 3. The number of amides is 1. The predicted molar refractivity (Wildman–Crippen MR) is 139 cm³/mol. The SMILES string of the molecule is COCOc1ccc(CN2C(=O)C(Cc3ccc(OC)cc3)N=C2NS(=O)(=O)c2ccc(C)cc2)cc1. The molecule has 1 aliphatic rings. The minimum atomic E-state index is -3.96.